The summed E-state index contributed by atoms with van der Waals surface area (Å²) < 4.78 is 24.7. The zero-order valence-electron chi connectivity index (χ0n) is 18.6. The van der Waals surface area contributed by atoms with Crippen LogP contribution in [0.15, 0.2) is 29.2 Å². The topological polar surface area (TPSA) is 34.1 Å². The van der Waals surface area contributed by atoms with Crippen molar-refractivity contribution in [3.05, 3.63) is 29.8 Å². The summed E-state index contributed by atoms with van der Waals surface area (Å²) in [5.74, 6) is 0.277. The van der Waals surface area contributed by atoms with Gasteiger partial charge in [0.05, 0.1) is 10.6 Å². The maximum atomic E-state index is 12.4. The lowest BCUT2D eigenvalue weighted by Gasteiger charge is -2.06. The summed E-state index contributed by atoms with van der Waals surface area (Å²) in [7, 11) is -3.12. The van der Waals surface area contributed by atoms with E-state index >= 15 is 0 Å². The molecule has 0 radical (unpaired) electrons. The first kappa shape index (κ1) is 26.7. The molecule has 1 aromatic rings. The first-order valence-corrected chi connectivity index (χ1v) is 14.7. The highest BCUT2D eigenvalue weighted by Crippen LogP contribution is 2.17. The summed E-state index contributed by atoms with van der Waals surface area (Å²) >= 11 is 3.39. The van der Waals surface area contributed by atoms with Crippen LogP contribution in [-0.2, 0) is 15.2 Å². The molecule has 29 heavy (non-hydrogen) atoms. The van der Waals surface area contributed by atoms with Crippen LogP contribution >= 0.6 is 15.9 Å². The van der Waals surface area contributed by atoms with Crippen LogP contribution in [0.4, 0.5) is 0 Å². The molecule has 0 aromatic heterocycles. The minimum absolute atomic E-state index is 0.277. The highest BCUT2D eigenvalue weighted by molar-refractivity contribution is 9.08. The molecule has 0 saturated heterocycles. The predicted octanol–water partition coefficient (Wildman–Crippen LogP) is 8.62. The van der Waals surface area contributed by atoms with Crippen molar-refractivity contribution in [2.75, 3.05) is 5.75 Å². The summed E-state index contributed by atoms with van der Waals surface area (Å²) in [5, 5.41) is 0.756. The van der Waals surface area contributed by atoms with Crippen LogP contribution < -0.4 is 0 Å². The number of benzene rings is 1. The Morgan fingerprint density at radius 1 is 0.621 bits per heavy atom. The third-order valence-corrected chi connectivity index (χ3v) is 8.17. The van der Waals surface area contributed by atoms with Gasteiger partial charge in [-0.05, 0) is 24.1 Å². The quantitative estimate of drug-likeness (QED) is 0.145. The highest BCUT2D eigenvalue weighted by Gasteiger charge is 2.13. The van der Waals surface area contributed by atoms with E-state index < -0.39 is 9.84 Å². The summed E-state index contributed by atoms with van der Waals surface area (Å²) in [6, 6.07) is 7.24. The minimum atomic E-state index is -3.12. The van der Waals surface area contributed by atoms with Crippen LogP contribution in [0.25, 0.3) is 0 Å². The van der Waals surface area contributed by atoms with Crippen molar-refractivity contribution in [1.82, 2.24) is 0 Å². The van der Waals surface area contributed by atoms with E-state index in [0.29, 0.717) is 4.90 Å². The molecule has 0 saturated carbocycles. The largest absolute Gasteiger partial charge is 0.224 e. The molecular weight excluding hydrogens is 444 g/mol. The number of alkyl halides is 1. The van der Waals surface area contributed by atoms with Crippen molar-refractivity contribution in [2.45, 2.75) is 120 Å². The molecule has 0 bridgehead atoms. The average molecular weight is 488 g/mol. The normalized spacial score (nSPS) is 11.8. The van der Waals surface area contributed by atoms with Gasteiger partial charge in [0.15, 0.2) is 9.84 Å². The second kappa shape index (κ2) is 17.3. The fraction of sp³-hybridized carbons (Fsp3) is 0.760. The Morgan fingerprint density at radius 2 is 1.00 bits per heavy atom. The molecule has 168 valence electrons. The van der Waals surface area contributed by atoms with Crippen LogP contribution in [0.2, 0.25) is 0 Å². The van der Waals surface area contributed by atoms with Crippen molar-refractivity contribution in [2.24, 2.45) is 0 Å². The van der Waals surface area contributed by atoms with Crippen molar-refractivity contribution in [3.8, 4) is 0 Å². The van der Waals surface area contributed by atoms with Gasteiger partial charge in [0, 0.05) is 5.33 Å². The van der Waals surface area contributed by atoms with E-state index in [-0.39, 0.29) is 5.75 Å². The van der Waals surface area contributed by atoms with E-state index in [9.17, 15) is 8.42 Å². The van der Waals surface area contributed by atoms with Gasteiger partial charge in [-0.25, -0.2) is 8.42 Å². The monoisotopic (exact) mass is 486 g/mol. The van der Waals surface area contributed by atoms with Gasteiger partial charge in [0.1, 0.15) is 0 Å². The Hall–Kier alpha value is -0.350. The Labute approximate surface area is 189 Å². The van der Waals surface area contributed by atoms with E-state index in [1.54, 1.807) is 12.1 Å². The highest BCUT2D eigenvalue weighted by atomic mass is 79.9. The fourth-order valence-electron chi connectivity index (χ4n) is 3.74. The molecule has 0 heterocycles. The van der Waals surface area contributed by atoms with Gasteiger partial charge in [0.2, 0.25) is 0 Å². The number of sulfone groups is 1. The lowest BCUT2D eigenvalue weighted by atomic mass is 10.0. The van der Waals surface area contributed by atoms with E-state index in [1.165, 1.54) is 83.5 Å². The Kier molecular flexibility index (Phi) is 16.0. The number of halogens is 1. The van der Waals surface area contributed by atoms with Gasteiger partial charge in [0.25, 0.3) is 0 Å². The van der Waals surface area contributed by atoms with Crippen molar-refractivity contribution >= 4 is 25.8 Å². The fourth-order valence-corrected chi connectivity index (χ4v) is 5.49. The van der Waals surface area contributed by atoms with Gasteiger partial charge in [-0.3, -0.25) is 0 Å². The molecule has 1 rings (SSSR count). The molecule has 2 nitrogen and oxygen atoms in total. The molecular formula is C25H43BrO2S. The first-order chi connectivity index (χ1) is 14.1. The predicted molar refractivity (Wildman–Crippen MR) is 131 cm³/mol. The Balaban J connectivity index is 1.91. The molecule has 0 atom stereocenters. The molecule has 0 spiro atoms. The van der Waals surface area contributed by atoms with Gasteiger partial charge < -0.3 is 0 Å². The SMILES string of the molecule is CCCCCCCCCCCCCCCCCCS(=O)(=O)c1ccc(CBr)cc1. The zero-order valence-corrected chi connectivity index (χ0v) is 21.0. The maximum Gasteiger partial charge on any atom is 0.178 e. The van der Waals surface area contributed by atoms with Crippen LogP contribution in [0.5, 0.6) is 0 Å². The lowest BCUT2D eigenvalue weighted by molar-refractivity contribution is 0.531. The molecule has 0 aliphatic heterocycles. The summed E-state index contributed by atoms with van der Waals surface area (Å²) in [5.41, 5.74) is 1.10. The summed E-state index contributed by atoms with van der Waals surface area (Å²) in [6.07, 6.45) is 20.9. The summed E-state index contributed by atoms with van der Waals surface area (Å²) in [6.45, 7) is 2.27. The van der Waals surface area contributed by atoms with Gasteiger partial charge in [-0.1, -0.05) is 131 Å². The average Bonchev–Trinajstić information content (AvgIpc) is 2.73. The van der Waals surface area contributed by atoms with Gasteiger partial charge in [-0.15, -0.1) is 0 Å². The van der Waals surface area contributed by atoms with Gasteiger partial charge >= 0.3 is 0 Å². The Bertz CT molecular complexity index is 596. The van der Waals surface area contributed by atoms with Crippen LogP contribution in [0, 0.1) is 0 Å². The molecule has 1 aromatic carbocycles. The van der Waals surface area contributed by atoms with Crippen molar-refractivity contribution in [3.63, 3.8) is 0 Å². The molecule has 4 heteroatoms. The first-order valence-electron chi connectivity index (χ1n) is 12.0. The summed E-state index contributed by atoms with van der Waals surface area (Å²) in [4.78, 5) is 0.461. The van der Waals surface area contributed by atoms with Crippen LogP contribution in [-0.4, -0.2) is 14.2 Å². The molecule has 0 aliphatic rings. The second-order valence-corrected chi connectivity index (χ2v) is 11.1. The number of hydrogen-bond donors (Lipinski definition) is 0. The third kappa shape index (κ3) is 13.5. The Morgan fingerprint density at radius 3 is 1.38 bits per heavy atom. The molecule has 0 aliphatic carbocycles. The smallest absolute Gasteiger partial charge is 0.178 e. The van der Waals surface area contributed by atoms with Crippen molar-refractivity contribution in [1.29, 1.82) is 0 Å². The number of rotatable bonds is 19. The molecule has 0 N–H and O–H groups in total. The number of unbranched alkanes of at least 4 members (excludes halogenated alkanes) is 15. The van der Waals surface area contributed by atoms with Crippen LogP contribution in [0.3, 0.4) is 0 Å². The molecule has 0 unspecified atom stereocenters. The van der Waals surface area contributed by atoms with Crippen LogP contribution in [0.1, 0.15) is 115 Å². The van der Waals surface area contributed by atoms with E-state index in [0.717, 1.165) is 30.2 Å². The van der Waals surface area contributed by atoms with E-state index in [4.69, 9.17) is 0 Å². The van der Waals surface area contributed by atoms with E-state index in [2.05, 4.69) is 22.9 Å². The number of hydrogen-bond acceptors (Lipinski definition) is 2. The third-order valence-electron chi connectivity index (χ3n) is 5.70. The van der Waals surface area contributed by atoms with Crippen molar-refractivity contribution < 1.29 is 8.42 Å². The molecule has 0 fully saturated rings. The lowest BCUT2D eigenvalue weighted by Crippen LogP contribution is -2.06. The maximum absolute atomic E-state index is 12.4. The minimum Gasteiger partial charge on any atom is -0.224 e. The standard InChI is InChI=1S/C25H43BrO2S/c1-2-3-4-5-6-7-8-9-10-11-12-13-14-15-16-17-22-29(27,28)25-20-18-24(23-26)19-21-25/h18-21H,2-17,22-23H2,1H3. The second-order valence-electron chi connectivity index (χ2n) is 8.40. The zero-order chi connectivity index (χ0) is 21.2. The van der Waals surface area contributed by atoms with Gasteiger partial charge in [-0.2, -0.15) is 0 Å². The van der Waals surface area contributed by atoms with E-state index in [1.807, 2.05) is 12.1 Å². The molecule has 0 amide bonds.